The molecule has 0 aliphatic carbocycles. The smallest absolute Gasteiger partial charge is 0.326 e. The highest BCUT2D eigenvalue weighted by atomic mass is 16.4. The quantitative estimate of drug-likeness (QED) is 0.910. The first-order chi connectivity index (χ1) is 12.1. The lowest BCUT2D eigenvalue weighted by molar-refractivity contribution is -0.154. The summed E-state index contributed by atoms with van der Waals surface area (Å²) in [5.41, 5.74) is 0.661. The maximum Gasteiger partial charge on any atom is 0.326 e. The number of carbonyl (C=O) groups excluding carboxylic acids is 2. The normalized spacial score (nSPS) is 21.8. The Labute approximate surface area is 147 Å². The van der Waals surface area contributed by atoms with Gasteiger partial charge in [0, 0.05) is 31.1 Å². The summed E-state index contributed by atoms with van der Waals surface area (Å²) < 4.78 is 0. The fraction of sp³-hybridized carbons (Fsp3) is 0.526. The van der Waals surface area contributed by atoms with Crippen LogP contribution in [0.4, 0.5) is 0 Å². The first kappa shape index (κ1) is 17.5. The van der Waals surface area contributed by atoms with Crippen LogP contribution in [-0.2, 0) is 9.59 Å². The summed E-state index contributed by atoms with van der Waals surface area (Å²) in [6.07, 6.45) is 3.44. The molecule has 3 rings (SSSR count). The average molecular weight is 344 g/mol. The second-order valence-electron chi connectivity index (χ2n) is 6.81. The van der Waals surface area contributed by atoms with Crippen LogP contribution in [0.1, 0.15) is 42.5 Å². The lowest BCUT2D eigenvalue weighted by Gasteiger charge is -2.38. The molecule has 0 saturated carbocycles. The van der Waals surface area contributed by atoms with Crippen LogP contribution in [0.3, 0.4) is 0 Å². The minimum absolute atomic E-state index is 0.00659. The van der Waals surface area contributed by atoms with Crippen LogP contribution in [-0.4, -0.2) is 58.4 Å². The molecule has 1 N–H and O–H groups in total. The molecule has 25 heavy (non-hydrogen) atoms. The van der Waals surface area contributed by atoms with Gasteiger partial charge in [-0.15, -0.1) is 0 Å². The average Bonchev–Trinajstić information content (AvgIpc) is 2.67. The number of carboxylic acid groups (broad SMARTS) is 1. The minimum Gasteiger partial charge on any atom is -0.480 e. The monoisotopic (exact) mass is 344 g/mol. The highest BCUT2D eigenvalue weighted by Gasteiger charge is 2.37. The molecule has 6 nitrogen and oxygen atoms in total. The van der Waals surface area contributed by atoms with Crippen molar-refractivity contribution in [2.24, 2.45) is 5.92 Å². The topological polar surface area (TPSA) is 77.9 Å². The van der Waals surface area contributed by atoms with Crippen LogP contribution in [0, 0.1) is 5.92 Å². The van der Waals surface area contributed by atoms with E-state index < -0.39 is 12.0 Å². The van der Waals surface area contributed by atoms with Crippen LogP contribution in [0.2, 0.25) is 0 Å². The largest absolute Gasteiger partial charge is 0.480 e. The van der Waals surface area contributed by atoms with E-state index in [1.807, 2.05) is 18.2 Å². The number of amides is 2. The Morgan fingerprint density at radius 3 is 2.24 bits per heavy atom. The molecule has 2 aliphatic rings. The zero-order valence-corrected chi connectivity index (χ0v) is 14.3. The van der Waals surface area contributed by atoms with Gasteiger partial charge in [0.2, 0.25) is 5.91 Å². The lowest BCUT2D eigenvalue weighted by atomic mass is 9.92. The van der Waals surface area contributed by atoms with Crippen molar-refractivity contribution in [1.82, 2.24) is 9.80 Å². The van der Waals surface area contributed by atoms with Gasteiger partial charge in [0.25, 0.3) is 5.91 Å². The van der Waals surface area contributed by atoms with E-state index in [0.717, 1.165) is 12.8 Å². The van der Waals surface area contributed by atoms with E-state index in [2.05, 4.69) is 0 Å². The Morgan fingerprint density at radius 2 is 1.60 bits per heavy atom. The first-order valence-corrected chi connectivity index (χ1v) is 8.95. The summed E-state index contributed by atoms with van der Waals surface area (Å²) in [6.45, 7) is 1.60. The summed E-state index contributed by atoms with van der Waals surface area (Å²) >= 11 is 0. The van der Waals surface area contributed by atoms with Gasteiger partial charge in [0.05, 0.1) is 0 Å². The van der Waals surface area contributed by atoms with Gasteiger partial charge in [0.15, 0.2) is 0 Å². The number of rotatable bonds is 3. The second kappa shape index (κ2) is 7.68. The van der Waals surface area contributed by atoms with Gasteiger partial charge in [-0.1, -0.05) is 18.2 Å². The SMILES string of the molecule is O=C(O)[C@H]1CCCCN1C(=O)C1CCN(C(=O)c2ccccc2)CC1. The predicted octanol–water partition coefficient (Wildman–Crippen LogP) is 2.00. The van der Waals surface area contributed by atoms with E-state index in [9.17, 15) is 19.5 Å². The molecule has 2 aliphatic heterocycles. The van der Waals surface area contributed by atoms with Crippen molar-refractivity contribution in [3.8, 4) is 0 Å². The van der Waals surface area contributed by atoms with Gasteiger partial charge in [-0.3, -0.25) is 9.59 Å². The van der Waals surface area contributed by atoms with Crippen LogP contribution >= 0.6 is 0 Å². The van der Waals surface area contributed by atoms with E-state index in [-0.39, 0.29) is 17.7 Å². The summed E-state index contributed by atoms with van der Waals surface area (Å²) in [6, 6.07) is 8.46. The van der Waals surface area contributed by atoms with Crippen molar-refractivity contribution in [1.29, 1.82) is 0 Å². The summed E-state index contributed by atoms with van der Waals surface area (Å²) in [4.78, 5) is 40.0. The fourth-order valence-electron chi connectivity index (χ4n) is 3.78. The summed E-state index contributed by atoms with van der Waals surface area (Å²) in [5.74, 6) is -1.16. The van der Waals surface area contributed by atoms with Crippen molar-refractivity contribution in [3.05, 3.63) is 35.9 Å². The van der Waals surface area contributed by atoms with Crippen LogP contribution in [0.5, 0.6) is 0 Å². The van der Waals surface area contributed by atoms with E-state index in [1.165, 1.54) is 0 Å². The zero-order valence-electron chi connectivity index (χ0n) is 14.3. The number of hydrogen-bond acceptors (Lipinski definition) is 3. The molecule has 1 aromatic carbocycles. The molecular weight excluding hydrogens is 320 g/mol. The van der Waals surface area contributed by atoms with Crippen molar-refractivity contribution < 1.29 is 19.5 Å². The first-order valence-electron chi connectivity index (χ1n) is 8.95. The molecule has 6 heteroatoms. The molecular formula is C19H24N2O4. The number of hydrogen-bond donors (Lipinski definition) is 1. The highest BCUT2D eigenvalue weighted by molar-refractivity contribution is 5.94. The standard InChI is InChI=1S/C19H24N2O4/c22-17(14-6-2-1-3-7-14)20-12-9-15(10-13-20)18(23)21-11-5-4-8-16(21)19(24)25/h1-3,6-7,15-16H,4-5,8-13H2,(H,24,25)/t16-/m1/s1. The molecule has 2 amide bonds. The molecule has 0 unspecified atom stereocenters. The van der Waals surface area contributed by atoms with Gasteiger partial charge >= 0.3 is 5.97 Å². The predicted molar refractivity (Wildman–Crippen MR) is 92.1 cm³/mol. The maximum atomic E-state index is 12.8. The van der Waals surface area contributed by atoms with Gasteiger partial charge in [-0.25, -0.2) is 4.79 Å². The van der Waals surface area contributed by atoms with E-state index in [0.29, 0.717) is 44.5 Å². The number of benzene rings is 1. The van der Waals surface area contributed by atoms with Gasteiger partial charge in [-0.05, 0) is 44.2 Å². The number of carboxylic acids is 1. The number of aliphatic carboxylic acids is 1. The Kier molecular flexibility index (Phi) is 5.36. The van der Waals surface area contributed by atoms with Crippen molar-refractivity contribution >= 4 is 17.8 Å². The van der Waals surface area contributed by atoms with Crippen LogP contribution in [0.25, 0.3) is 0 Å². The molecule has 1 atom stereocenters. The molecule has 2 saturated heterocycles. The zero-order chi connectivity index (χ0) is 17.8. The van der Waals surface area contributed by atoms with Crippen molar-refractivity contribution in [2.75, 3.05) is 19.6 Å². The molecule has 134 valence electrons. The molecule has 2 heterocycles. The van der Waals surface area contributed by atoms with Gasteiger partial charge in [-0.2, -0.15) is 0 Å². The van der Waals surface area contributed by atoms with E-state index in [4.69, 9.17) is 0 Å². The van der Waals surface area contributed by atoms with Crippen molar-refractivity contribution in [3.63, 3.8) is 0 Å². The van der Waals surface area contributed by atoms with Crippen LogP contribution < -0.4 is 0 Å². The van der Waals surface area contributed by atoms with E-state index >= 15 is 0 Å². The molecule has 0 aromatic heterocycles. The molecule has 0 spiro atoms. The lowest BCUT2D eigenvalue weighted by Crippen LogP contribution is -2.52. The van der Waals surface area contributed by atoms with Crippen molar-refractivity contribution in [2.45, 2.75) is 38.1 Å². The molecule has 0 radical (unpaired) electrons. The van der Waals surface area contributed by atoms with Gasteiger partial charge < -0.3 is 14.9 Å². The third kappa shape index (κ3) is 3.83. The Morgan fingerprint density at radius 1 is 0.920 bits per heavy atom. The number of piperidine rings is 2. The summed E-state index contributed by atoms with van der Waals surface area (Å²) in [5, 5.41) is 9.35. The third-order valence-corrected chi connectivity index (χ3v) is 5.22. The molecule has 0 bridgehead atoms. The number of nitrogens with zero attached hydrogens (tertiary/aromatic N) is 2. The minimum atomic E-state index is -0.912. The number of likely N-dealkylation sites (tertiary alicyclic amines) is 2. The Balaban J connectivity index is 1.59. The maximum absolute atomic E-state index is 12.8. The Bertz CT molecular complexity index is 638. The highest BCUT2D eigenvalue weighted by Crippen LogP contribution is 2.25. The summed E-state index contributed by atoms with van der Waals surface area (Å²) in [7, 11) is 0. The molecule has 1 aromatic rings. The Hall–Kier alpha value is -2.37. The third-order valence-electron chi connectivity index (χ3n) is 5.22. The van der Waals surface area contributed by atoms with Gasteiger partial charge in [0.1, 0.15) is 6.04 Å². The fourth-order valence-corrected chi connectivity index (χ4v) is 3.78. The van der Waals surface area contributed by atoms with E-state index in [1.54, 1.807) is 21.9 Å². The number of carbonyl (C=O) groups is 3. The second-order valence-corrected chi connectivity index (χ2v) is 6.81. The molecule has 2 fully saturated rings. The van der Waals surface area contributed by atoms with Crippen LogP contribution in [0.15, 0.2) is 30.3 Å².